The van der Waals surface area contributed by atoms with E-state index in [2.05, 4.69) is 9.97 Å². The number of nitrogens with zero attached hydrogens (tertiary/aromatic N) is 1. The van der Waals surface area contributed by atoms with Gasteiger partial charge in [0.05, 0.1) is 12.0 Å². The highest BCUT2D eigenvalue weighted by Crippen LogP contribution is 2.21. The van der Waals surface area contributed by atoms with Gasteiger partial charge in [0.1, 0.15) is 5.69 Å². The van der Waals surface area contributed by atoms with Gasteiger partial charge in [-0.2, -0.15) is 0 Å². The molecular weight excluding hydrogens is 200 g/mol. The van der Waals surface area contributed by atoms with E-state index in [4.69, 9.17) is 11.6 Å². The molecule has 2 aromatic rings. The van der Waals surface area contributed by atoms with Crippen molar-refractivity contribution in [2.75, 3.05) is 0 Å². The summed E-state index contributed by atoms with van der Waals surface area (Å²) in [6.45, 7) is 0. The molecule has 0 aliphatic rings. The molecule has 0 bridgehead atoms. The summed E-state index contributed by atoms with van der Waals surface area (Å²) in [7, 11) is 0. The zero-order valence-electron chi connectivity index (χ0n) is 7.20. The molecule has 14 heavy (non-hydrogen) atoms. The minimum Gasteiger partial charge on any atom is -0.342 e. The van der Waals surface area contributed by atoms with Crippen LogP contribution in [0.15, 0.2) is 30.6 Å². The Bertz CT molecular complexity index is 447. The van der Waals surface area contributed by atoms with Gasteiger partial charge < -0.3 is 4.98 Å². The molecule has 3 nitrogen and oxygen atoms in total. The number of nitrogens with one attached hydrogen (secondary N) is 1. The van der Waals surface area contributed by atoms with E-state index in [1.807, 2.05) is 12.1 Å². The maximum atomic E-state index is 10.6. The van der Waals surface area contributed by atoms with Crippen LogP contribution in [0.25, 0.3) is 11.3 Å². The van der Waals surface area contributed by atoms with Gasteiger partial charge in [-0.3, -0.25) is 4.79 Å². The van der Waals surface area contributed by atoms with Crippen molar-refractivity contribution in [1.82, 2.24) is 9.97 Å². The smallest absolute Gasteiger partial charge is 0.168 e. The third-order valence-corrected chi connectivity index (χ3v) is 2.16. The van der Waals surface area contributed by atoms with Crippen LogP contribution in [0.5, 0.6) is 0 Å². The molecule has 0 atom stereocenters. The number of imidazole rings is 1. The fourth-order valence-corrected chi connectivity index (χ4v) is 1.36. The van der Waals surface area contributed by atoms with Crippen molar-refractivity contribution in [3.05, 3.63) is 41.3 Å². The number of aromatic nitrogens is 2. The normalized spacial score (nSPS) is 10.1. The van der Waals surface area contributed by atoms with E-state index in [0.29, 0.717) is 16.4 Å². The van der Waals surface area contributed by atoms with Gasteiger partial charge in [0.2, 0.25) is 0 Å². The number of rotatable bonds is 2. The number of hydrogen-bond donors (Lipinski definition) is 1. The van der Waals surface area contributed by atoms with E-state index in [1.165, 1.54) is 6.33 Å². The highest BCUT2D eigenvalue weighted by molar-refractivity contribution is 6.30. The van der Waals surface area contributed by atoms with Crippen molar-refractivity contribution in [2.45, 2.75) is 0 Å². The first-order chi connectivity index (χ1) is 6.81. The minimum atomic E-state index is 0.479. The highest BCUT2D eigenvalue weighted by atomic mass is 35.5. The number of benzene rings is 1. The minimum absolute atomic E-state index is 0.479. The lowest BCUT2D eigenvalue weighted by molar-refractivity contribution is 0.112. The Balaban J connectivity index is 2.49. The van der Waals surface area contributed by atoms with Gasteiger partial charge in [-0.15, -0.1) is 0 Å². The van der Waals surface area contributed by atoms with Crippen LogP contribution in [-0.2, 0) is 0 Å². The second-order valence-corrected chi connectivity index (χ2v) is 3.23. The number of carbonyl (C=O) groups is 1. The summed E-state index contributed by atoms with van der Waals surface area (Å²) in [5.74, 6) is 0. The molecular formula is C10H7ClN2O. The fourth-order valence-electron chi connectivity index (χ4n) is 1.23. The Morgan fingerprint density at radius 2 is 2.00 bits per heavy atom. The van der Waals surface area contributed by atoms with Crippen molar-refractivity contribution < 1.29 is 4.79 Å². The lowest BCUT2D eigenvalue weighted by Crippen LogP contribution is -1.85. The molecule has 0 aliphatic heterocycles. The second kappa shape index (κ2) is 3.64. The molecule has 1 aromatic heterocycles. The van der Waals surface area contributed by atoms with E-state index in [1.54, 1.807) is 12.1 Å². The van der Waals surface area contributed by atoms with Crippen LogP contribution in [0, 0.1) is 0 Å². The number of H-pyrrole nitrogens is 1. The van der Waals surface area contributed by atoms with E-state index in [9.17, 15) is 4.79 Å². The second-order valence-electron chi connectivity index (χ2n) is 2.79. The van der Waals surface area contributed by atoms with E-state index >= 15 is 0 Å². The first kappa shape index (κ1) is 8.97. The first-order valence-corrected chi connectivity index (χ1v) is 4.43. The largest absolute Gasteiger partial charge is 0.342 e. The van der Waals surface area contributed by atoms with Crippen molar-refractivity contribution in [3.63, 3.8) is 0 Å². The summed E-state index contributed by atoms with van der Waals surface area (Å²) in [4.78, 5) is 17.4. The van der Waals surface area contributed by atoms with Crippen molar-refractivity contribution in [1.29, 1.82) is 0 Å². The third-order valence-electron chi connectivity index (χ3n) is 1.90. The van der Waals surface area contributed by atoms with Gasteiger partial charge in [0.15, 0.2) is 6.29 Å². The van der Waals surface area contributed by atoms with E-state index in [0.717, 1.165) is 11.8 Å². The number of aldehydes is 1. The third kappa shape index (κ3) is 1.54. The molecule has 1 aromatic carbocycles. The average molecular weight is 207 g/mol. The summed E-state index contributed by atoms with van der Waals surface area (Å²) >= 11 is 5.75. The van der Waals surface area contributed by atoms with Crippen molar-refractivity contribution in [2.24, 2.45) is 0 Å². The molecule has 1 N–H and O–H groups in total. The summed E-state index contributed by atoms with van der Waals surface area (Å²) in [5, 5.41) is 0.664. The van der Waals surface area contributed by atoms with Gasteiger partial charge in [0.25, 0.3) is 0 Å². The van der Waals surface area contributed by atoms with E-state index in [-0.39, 0.29) is 0 Å². The molecule has 70 valence electrons. The standard InChI is InChI=1S/C10H7ClN2O/c11-8-3-1-7(2-4-8)10-9(5-14)12-6-13-10/h1-6H,(H,12,13). The highest BCUT2D eigenvalue weighted by Gasteiger charge is 2.06. The van der Waals surface area contributed by atoms with Gasteiger partial charge in [-0.1, -0.05) is 23.7 Å². The molecule has 2 rings (SSSR count). The quantitative estimate of drug-likeness (QED) is 0.768. The number of aromatic amines is 1. The Labute approximate surface area is 85.7 Å². The lowest BCUT2D eigenvalue weighted by Gasteiger charge is -1.97. The zero-order valence-corrected chi connectivity index (χ0v) is 7.95. The monoisotopic (exact) mass is 206 g/mol. The summed E-state index contributed by atoms with van der Waals surface area (Å²) in [6, 6.07) is 7.18. The molecule has 0 unspecified atom stereocenters. The van der Waals surface area contributed by atoms with Crippen molar-refractivity contribution in [3.8, 4) is 11.3 Å². The SMILES string of the molecule is O=Cc1[nH]cnc1-c1ccc(Cl)cc1. The number of halogens is 1. The first-order valence-electron chi connectivity index (χ1n) is 4.06. The Morgan fingerprint density at radius 1 is 1.29 bits per heavy atom. The van der Waals surface area contributed by atoms with Gasteiger partial charge in [-0.25, -0.2) is 4.98 Å². The Morgan fingerprint density at radius 3 is 2.64 bits per heavy atom. The fraction of sp³-hybridized carbons (Fsp3) is 0. The van der Waals surface area contributed by atoms with Crippen LogP contribution in [0.3, 0.4) is 0 Å². The summed E-state index contributed by atoms with van der Waals surface area (Å²) < 4.78 is 0. The van der Waals surface area contributed by atoms with Crippen LogP contribution in [0.2, 0.25) is 5.02 Å². The van der Waals surface area contributed by atoms with Crippen LogP contribution in [0.4, 0.5) is 0 Å². The van der Waals surface area contributed by atoms with Crippen LogP contribution in [0.1, 0.15) is 10.5 Å². The molecule has 0 aliphatic carbocycles. The molecule has 1 heterocycles. The van der Waals surface area contributed by atoms with Crippen LogP contribution >= 0.6 is 11.6 Å². The van der Waals surface area contributed by atoms with Crippen molar-refractivity contribution >= 4 is 17.9 Å². The van der Waals surface area contributed by atoms with Gasteiger partial charge in [-0.05, 0) is 12.1 Å². The molecule has 0 fully saturated rings. The van der Waals surface area contributed by atoms with E-state index < -0.39 is 0 Å². The molecule has 0 spiro atoms. The average Bonchev–Trinajstić information content (AvgIpc) is 2.67. The predicted octanol–water partition coefficient (Wildman–Crippen LogP) is 2.54. The zero-order chi connectivity index (χ0) is 9.97. The molecule has 4 heteroatoms. The lowest BCUT2D eigenvalue weighted by atomic mass is 10.1. The Kier molecular flexibility index (Phi) is 2.33. The maximum Gasteiger partial charge on any atom is 0.168 e. The topological polar surface area (TPSA) is 45.8 Å². The molecule has 0 amide bonds. The maximum absolute atomic E-state index is 10.6. The molecule has 0 radical (unpaired) electrons. The summed E-state index contributed by atoms with van der Waals surface area (Å²) in [6.07, 6.45) is 2.24. The Hall–Kier alpha value is -1.61. The van der Waals surface area contributed by atoms with Gasteiger partial charge >= 0.3 is 0 Å². The summed E-state index contributed by atoms with van der Waals surface area (Å²) in [5.41, 5.74) is 2.00. The van der Waals surface area contributed by atoms with Gasteiger partial charge in [0, 0.05) is 10.6 Å². The van der Waals surface area contributed by atoms with Crippen LogP contribution in [-0.4, -0.2) is 16.3 Å². The number of carbonyl (C=O) groups excluding carboxylic acids is 1. The molecule has 0 saturated carbocycles. The van der Waals surface area contributed by atoms with Crippen LogP contribution < -0.4 is 0 Å². The predicted molar refractivity (Wildman–Crippen MR) is 54.4 cm³/mol. The number of hydrogen-bond acceptors (Lipinski definition) is 2. The molecule has 0 saturated heterocycles.